The summed E-state index contributed by atoms with van der Waals surface area (Å²) < 4.78 is 1.69. The molecule has 24 heavy (non-hydrogen) atoms. The lowest BCUT2D eigenvalue weighted by Gasteiger charge is -2.25. The van der Waals surface area contributed by atoms with Gasteiger partial charge in [-0.3, -0.25) is 14.5 Å². The minimum absolute atomic E-state index is 0.0635. The van der Waals surface area contributed by atoms with Gasteiger partial charge in [-0.05, 0) is 44.7 Å². The van der Waals surface area contributed by atoms with E-state index in [9.17, 15) is 4.79 Å². The Hall–Kier alpha value is -1.88. The minimum Gasteiger partial charge on any atom is -0.335 e. The molecule has 3 heterocycles. The van der Waals surface area contributed by atoms with Crippen molar-refractivity contribution < 1.29 is 4.79 Å². The van der Waals surface area contributed by atoms with Gasteiger partial charge in [-0.2, -0.15) is 5.10 Å². The van der Waals surface area contributed by atoms with Crippen LogP contribution in [0.15, 0.2) is 24.4 Å². The number of aryl methyl sites for hydroxylation is 3. The normalized spacial score (nSPS) is 17.5. The highest BCUT2D eigenvalue weighted by atomic mass is 35.5. The Morgan fingerprint density at radius 1 is 1.42 bits per heavy atom. The van der Waals surface area contributed by atoms with Gasteiger partial charge in [0.1, 0.15) is 5.15 Å². The summed E-state index contributed by atoms with van der Waals surface area (Å²) in [7, 11) is 1.84. The summed E-state index contributed by atoms with van der Waals surface area (Å²) >= 11 is 6.40. The number of carbonyl (C=O) groups excluding carboxylic acids is 1. The molecule has 0 bridgehead atoms. The molecule has 1 amide bonds. The van der Waals surface area contributed by atoms with Crippen LogP contribution in [-0.4, -0.2) is 32.1 Å². The van der Waals surface area contributed by atoms with Gasteiger partial charge in [-0.1, -0.05) is 17.7 Å². The van der Waals surface area contributed by atoms with Gasteiger partial charge in [0, 0.05) is 37.5 Å². The number of aromatic nitrogens is 3. The van der Waals surface area contributed by atoms with Crippen LogP contribution in [0.3, 0.4) is 0 Å². The lowest BCUT2D eigenvalue weighted by molar-refractivity contribution is -0.132. The number of rotatable bonds is 5. The molecule has 128 valence electrons. The van der Waals surface area contributed by atoms with Gasteiger partial charge >= 0.3 is 0 Å². The fourth-order valence-electron chi connectivity index (χ4n) is 3.50. The Labute approximate surface area is 147 Å². The van der Waals surface area contributed by atoms with Crippen LogP contribution >= 0.6 is 11.6 Å². The fourth-order valence-corrected chi connectivity index (χ4v) is 3.80. The smallest absolute Gasteiger partial charge is 0.223 e. The maximum atomic E-state index is 12.7. The lowest BCUT2D eigenvalue weighted by Crippen LogP contribution is -2.30. The SMILES string of the molecule is Cc1nn(C)c(Cl)c1[C@H]1CCCN1C(=O)CCCc1ccccn1. The number of halogens is 1. The summed E-state index contributed by atoms with van der Waals surface area (Å²) in [4.78, 5) is 19.0. The zero-order valence-electron chi connectivity index (χ0n) is 14.2. The van der Waals surface area contributed by atoms with Crippen molar-refractivity contribution >= 4 is 17.5 Å². The molecule has 1 aliphatic heterocycles. The Balaban J connectivity index is 1.63. The number of hydrogen-bond acceptors (Lipinski definition) is 3. The van der Waals surface area contributed by atoms with Crippen LogP contribution in [0.2, 0.25) is 5.15 Å². The summed E-state index contributed by atoms with van der Waals surface area (Å²) in [6.07, 6.45) is 5.96. The van der Waals surface area contributed by atoms with Crippen LogP contribution in [0.25, 0.3) is 0 Å². The fraction of sp³-hybridized carbons (Fsp3) is 0.500. The van der Waals surface area contributed by atoms with Crippen LogP contribution in [-0.2, 0) is 18.3 Å². The van der Waals surface area contributed by atoms with Crippen LogP contribution in [0, 0.1) is 6.92 Å². The molecule has 0 N–H and O–H groups in total. The Morgan fingerprint density at radius 2 is 2.25 bits per heavy atom. The quantitative estimate of drug-likeness (QED) is 0.833. The molecule has 0 radical (unpaired) electrons. The molecule has 2 aromatic rings. The Morgan fingerprint density at radius 3 is 2.92 bits per heavy atom. The molecule has 1 atom stereocenters. The van der Waals surface area contributed by atoms with E-state index in [1.165, 1.54) is 0 Å². The molecule has 6 heteroatoms. The maximum Gasteiger partial charge on any atom is 0.223 e. The van der Waals surface area contributed by atoms with E-state index in [-0.39, 0.29) is 11.9 Å². The number of amides is 1. The molecule has 0 saturated carbocycles. The van der Waals surface area contributed by atoms with Gasteiger partial charge in [0.2, 0.25) is 5.91 Å². The summed E-state index contributed by atoms with van der Waals surface area (Å²) in [5, 5.41) is 5.03. The number of pyridine rings is 1. The third-order valence-corrected chi connectivity index (χ3v) is 5.10. The molecule has 5 nitrogen and oxygen atoms in total. The monoisotopic (exact) mass is 346 g/mol. The largest absolute Gasteiger partial charge is 0.335 e. The van der Waals surface area contributed by atoms with Gasteiger partial charge < -0.3 is 4.90 Å². The summed E-state index contributed by atoms with van der Waals surface area (Å²) in [5.41, 5.74) is 2.96. The van der Waals surface area contributed by atoms with Crippen molar-refractivity contribution in [2.24, 2.45) is 7.05 Å². The first-order chi connectivity index (χ1) is 11.6. The van der Waals surface area contributed by atoms with Crippen molar-refractivity contribution in [1.29, 1.82) is 0 Å². The molecule has 1 saturated heterocycles. The molecule has 3 rings (SSSR count). The zero-order valence-corrected chi connectivity index (χ0v) is 15.0. The number of hydrogen-bond donors (Lipinski definition) is 0. The number of carbonyl (C=O) groups is 1. The average Bonchev–Trinajstić information content (AvgIpc) is 3.13. The van der Waals surface area contributed by atoms with E-state index in [2.05, 4.69) is 10.1 Å². The van der Waals surface area contributed by atoms with Gasteiger partial charge in [0.05, 0.1) is 11.7 Å². The van der Waals surface area contributed by atoms with Gasteiger partial charge in [-0.15, -0.1) is 0 Å². The Kier molecular flexibility index (Phi) is 5.19. The third-order valence-electron chi connectivity index (χ3n) is 4.65. The van der Waals surface area contributed by atoms with Crippen molar-refractivity contribution in [2.75, 3.05) is 6.54 Å². The second-order valence-corrected chi connectivity index (χ2v) is 6.69. The molecule has 1 fully saturated rings. The predicted molar refractivity (Wildman–Crippen MR) is 93.8 cm³/mol. The third kappa shape index (κ3) is 3.46. The highest BCUT2D eigenvalue weighted by Crippen LogP contribution is 2.37. The zero-order chi connectivity index (χ0) is 17.1. The van der Waals surface area contributed by atoms with Crippen LogP contribution in [0.4, 0.5) is 0 Å². The molecule has 0 spiro atoms. The highest BCUT2D eigenvalue weighted by Gasteiger charge is 2.33. The maximum absolute atomic E-state index is 12.7. The van der Waals surface area contributed by atoms with Crippen LogP contribution < -0.4 is 0 Å². The van der Waals surface area contributed by atoms with Crippen molar-refractivity contribution in [3.8, 4) is 0 Å². The molecule has 0 aromatic carbocycles. The van der Waals surface area contributed by atoms with Gasteiger partial charge in [-0.25, -0.2) is 0 Å². The van der Waals surface area contributed by atoms with E-state index < -0.39 is 0 Å². The van der Waals surface area contributed by atoms with E-state index in [0.29, 0.717) is 11.6 Å². The Bertz CT molecular complexity index is 713. The van der Waals surface area contributed by atoms with Crippen molar-refractivity contribution in [3.05, 3.63) is 46.5 Å². The molecule has 1 aliphatic rings. The van der Waals surface area contributed by atoms with Crippen molar-refractivity contribution in [3.63, 3.8) is 0 Å². The number of nitrogens with zero attached hydrogens (tertiary/aromatic N) is 4. The summed E-state index contributed by atoms with van der Waals surface area (Å²) in [5.74, 6) is 0.202. The van der Waals surface area contributed by atoms with E-state index in [1.54, 1.807) is 10.9 Å². The van der Waals surface area contributed by atoms with Crippen molar-refractivity contribution in [1.82, 2.24) is 19.7 Å². The second kappa shape index (κ2) is 7.34. The molecular weight excluding hydrogens is 324 g/mol. The molecular formula is C18H23ClN4O. The minimum atomic E-state index is 0.0635. The molecule has 0 unspecified atom stereocenters. The van der Waals surface area contributed by atoms with E-state index in [0.717, 1.165) is 49.2 Å². The first-order valence-corrected chi connectivity index (χ1v) is 8.84. The van der Waals surface area contributed by atoms with Gasteiger partial charge in [0.15, 0.2) is 0 Å². The van der Waals surface area contributed by atoms with Crippen LogP contribution in [0.1, 0.15) is 48.7 Å². The first-order valence-electron chi connectivity index (χ1n) is 8.46. The van der Waals surface area contributed by atoms with Crippen LogP contribution in [0.5, 0.6) is 0 Å². The number of likely N-dealkylation sites (tertiary alicyclic amines) is 1. The second-order valence-electron chi connectivity index (χ2n) is 6.33. The van der Waals surface area contributed by atoms with E-state index >= 15 is 0 Å². The predicted octanol–water partition coefficient (Wildman–Crippen LogP) is 3.46. The van der Waals surface area contributed by atoms with Crippen molar-refractivity contribution in [2.45, 2.75) is 45.1 Å². The van der Waals surface area contributed by atoms with E-state index in [1.807, 2.05) is 37.1 Å². The van der Waals surface area contributed by atoms with E-state index in [4.69, 9.17) is 11.6 Å². The standard InChI is InChI=1S/C18H23ClN4O/c1-13-17(18(19)22(2)21-13)15-9-6-12-23(15)16(24)10-5-8-14-7-3-4-11-20-14/h3-4,7,11,15H,5-6,8-10,12H2,1-2H3/t15-/m1/s1. The highest BCUT2D eigenvalue weighted by molar-refractivity contribution is 6.30. The van der Waals surface area contributed by atoms with Gasteiger partial charge in [0.25, 0.3) is 0 Å². The summed E-state index contributed by atoms with van der Waals surface area (Å²) in [6.45, 7) is 2.76. The molecule has 2 aromatic heterocycles. The average molecular weight is 347 g/mol. The lowest BCUT2D eigenvalue weighted by atomic mass is 10.1. The molecule has 0 aliphatic carbocycles. The topological polar surface area (TPSA) is 51.0 Å². The summed E-state index contributed by atoms with van der Waals surface area (Å²) in [6, 6.07) is 5.95. The first kappa shape index (κ1) is 17.0.